The van der Waals surface area contributed by atoms with E-state index in [2.05, 4.69) is 4.43 Å². The van der Waals surface area contributed by atoms with E-state index in [9.17, 15) is 31.1 Å². The van der Waals surface area contributed by atoms with Crippen molar-refractivity contribution in [2.24, 2.45) is 17.3 Å². The lowest BCUT2D eigenvalue weighted by atomic mass is 9.63. The Labute approximate surface area is 169 Å². The van der Waals surface area contributed by atoms with Crippen LogP contribution in [-0.2, 0) is 9.22 Å². The van der Waals surface area contributed by atoms with Crippen LogP contribution in [0.3, 0.4) is 0 Å². The summed E-state index contributed by atoms with van der Waals surface area (Å²) in [6.45, 7) is 6.31. The first kappa shape index (κ1) is 24.2. The van der Waals surface area contributed by atoms with Crippen LogP contribution in [0.5, 0.6) is 0 Å². The predicted octanol–water partition coefficient (Wildman–Crippen LogP) is 6.14. The summed E-state index contributed by atoms with van der Waals surface area (Å²) < 4.78 is 85.3. The van der Waals surface area contributed by atoms with Crippen LogP contribution in [0.25, 0.3) is 0 Å². The maximum Gasteiger partial charge on any atom is 0.429 e. The van der Waals surface area contributed by atoms with Crippen molar-refractivity contribution in [2.45, 2.75) is 77.0 Å². The first-order chi connectivity index (χ1) is 13.2. The number of Topliss-reactive ketones (excluding diaryl/α,β-unsaturated/α-hetero) is 1. The van der Waals surface area contributed by atoms with Crippen molar-refractivity contribution < 1.29 is 35.6 Å². The second kappa shape index (κ2) is 8.21. The number of rotatable bonds is 6. The van der Waals surface area contributed by atoms with E-state index in [1.54, 1.807) is 6.92 Å². The predicted molar refractivity (Wildman–Crippen MR) is 101 cm³/mol. The molecule has 0 aromatic rings. The number of alkyl halides is 6. The number of hydrogen-bond donors (Lipinski definition) is 0. The van der Waals surface area contributed by atoms with Gasteiger partial charge in [-0.15, -0.1) is 0 Å². The number of fused-ring (bicyclic) bond motifs is 1. The summed E-state index contributed by atoms with van der Waals surface area (Å²) in [4.78, 5) is 12.2. The van der Waals surface area contributed by atoms with Crippen LogP contribution in [0.15, 0.2) is 23.8 Å². The minimum Gasteiger partial charge on any atom is -0.397 e. The quantitative estimate of drug-likeness (QED) is 0.281. The molecule has 29 heavy (non-hydrogen) atoms. The van der Waals surface area contributed by atoms with Gasteiger partial charge < -0.3 is 4.43 Å². The Bertz CT molecular complexity index is 665. The van der Waals surface area contributed by atoms with Crippen LogP contribution in [0.4, 0.5) is 26.3 Å². The van der Waals surface area contributed by atoms with Crippen molar-refractivity contribution in [2.75, 3.05) is 0 Å². The van der Waals surface area contributed by atoms with E-state index >= 15 is 0 Å². The molecular weight excluding hydrogens is 414 g/mol. The average Bonchev–Trinajstić information content (AvgIpc) is 2.89. The second-order valence-corrected chi connectivity index (χ2v) is 11.0. The molecule has 0 amide bonds. The van der Waals surface area contributed by atoms with Gasteiger partial charge in [-0.1, -0.05) is 31.6 Å². The minimum absolute atomic E-state index is 0.0131. The fourth-order valence-electron chi connectivity index (χ4n) is 4.77. The minimum atomic E-state index is -5.61. The number of halogens is 6. The van der Waals surface area contributed by atoms with Gasteiger partial charge >= 0.3 is 12.4 Å². The Morgan fingerprint density at radius 2 is 1.83 bits per heavy atom. The van der Waals surface area contributed by atoms with Gasteiger partial charge in [0.25, 0.3) is 5.60 Å². The Hall–Kier alpha value is -1.09. The third-order valence-corrected chi connectivity index (χ3v) is 6.99. The monoisotopic (exact) mass is 442 g/mol. The lowest BCUT2D eigenvalue weighted by Crippen LogP contribution is -2.59. The Balaban J connectivity index is 2.24. The molecule has 0 saturated heterocycles. The van der Waals surface area contributed by atoms with Crippen molar-refractivity contribution in [3.05, 3.63) is 23.8 Å². The van der Waals surface area contributed by atoms with E-state index in [-0.39, 0.29) is 35.5 Å². The molecule has 2 aliphatic rings. The summed E-state index contributed by atoms with van der Waals surface area (Å²) in [5.41, 5.74) is -3.67. The Kier molecular flexibility index (Phi) is 6.84. The van der Waals surface area contributed by atoms with Gasteiger partial charge in [-0.3, -0.25) is 4.79 Å². The Morgan fingerprint density at radius 1 is 1.24 bits per heavy atom. The zero-order valence-electron chi connectivity index (χ0n) is 17.1. The van der Waals surface area contributed by atoms with Gasteiger partial charge in [0.15, 0.2) is 9.04 Å². The summed E-state index contributed by atoms with van der Waals surface area (Å²) in [6, 6.07) is 0. The summed E-state index contributed by atoms with van der Waals surface area (Å²) in [6.07, 6.45) is -5.50. The molecule has 1 saturated carbocycles. The maximum absolute atomic E-state index is 13.5. The number of hydrogen-bond acceptors (Lipinski definition) is 2. The summed E-state index contributed by atoms with van der Waals surface area (Å²) >= 11 is 0. The second-order valence-electron chi connectivity index (χ2n) is 8.62. The van der Waals surface area contributed by atoms with Crippen LogP contribution < -0.4 is 0 Å². The van der Waals surface area contributed by atoms with Crippen LogP contribution in [0, 0.1) is 17.3 Å². The highest BCUT2D eigenvalue weighted by Gasteiger charge is 2.70. The van der Waals surface area contributed by atoms with E-state index in [1.165, 1.54) is 13.1 Å². The molecule has 0 aromatic carbocycles. The van der Waals surface area contributed by atoms with Crippen molar-refractivity contribution >= 4 is 14.8 Å². The molecule has 0 heterocycles. The molecule has 9 heteroatoms. The van der Waals surface area contributed by atoms with Gasteiger partial charge in [-0.05, 0) is 56.2 Å². The SMILES string of the molecule is C[C@H](C/C=C/C(O[SiH](C)C)(C(F)(F)F)C(F)(F)F)C1=CCC2C(=O)CCC[C@]12C. The number of ketones is 1. The molecule has 1 unspecified atom stereocenters. The molecule has 0 bridgehead atoms. The van der Waals surface area contributed by atoms with Gasteiger partial charge in [0.05, 0.1) is 0 Å². The zero-order chi connectivity index (χ0) is 22.3. The molecule has 1 fully saturated rings. The normalized spacial score (nSPS) is 27.5. The summed E-state index contributed by atoms with van der Waals surface area (Å²) in [7, 11) is -2.66. The van der Waals surface area contributed by atoms with Crippen LogP contribution in [0.2, 0.25) is 13.1 Å². The van der Waals surface area contributed by atoms with Crippen LogP contribution in [-0.4, -0.2) is 32.8 Å². The first-order valence-corrected chi connectivity index (χ1v) is 12.7. The van der Waals surface area contributed by atoms with E-state index in [0.717, 1.165) is 24.5 Å². The average molecular weight is 443 g/mol. The smallest absolute Gasteiger partial charge is 0.397 e. The standard InChI is InChI=1S/C20H28F6O2Si/c1-13(14-9-10-15-16(27)8-6-11-17(14,15)2)7-5-12-18(19(21,22)23,20(24,25)26)28-29(3)4/h5,9,12-13,15,29H,6-8,10-11H2,1-4H3/b12-5+/t13-,15?,17-/m1/s1. The van der Waals surface area contributed by atoms with Gasteiger partial charge in [-0.25, -0.2) is 0 Å². The van der Waals surface area contributed by atoms with Crippen LogP contribution >= 0.6 is 0 Å². The van der Waals surface area contributed by atoms with Crippen molar-refractivity contribution in [3.63, 3.8) is 0 Å². The van der Waals surface area contributed by atoms with Gasteiger partial charge in [0.2, 0.25) is 0 Å². The lowest BCUT2D eigenvalue weighted by Gasteiger charge is -2.40. The molecule has 0 aromatic heterocycles. The third-order valence-electron chi connectivity index (χ3n) is 6.15. The van der Waals surface area contributed by atoms with Gasteiger partial charge in [0.1, 0.15) is 5.78 Å². The lowest BCUT2D eigenvalue weighted by molar-refractivity contribution is -0.339. The topological polar surface area (TPSA) is 26.3 Å². The zero-order valence-corrected chi connectivity index (χ0v) is 18.2. The fourth-order valence-corrected chi connectivity index (χ4v) is 5.86. The molecule has 2 aliphatic carbocycles. The van der Waals surface area contributed by atoms with Crippen molar-refractivity contribution in [1.29, 1.82) is 0 Å². The first-order valence-electron chi connectivity index (χ1n) is 9.88. The molecule has 0 radical (unpaired) electrons. The van der Waals surface area contributed by atoms with E-state index in [0.29, 0.717) is 12.8 Å². The van der Waals surface area contributed by atoms with Crippen LogP contribution in [0.1, 0.15) is 46.0 Å². The van der Waals surface area contributed by atoms with Gasteiger partial charge in [-0.2, -0.15) is 26.3 Å². The fraction of sp³-hybridized carbons (Fsp3) is 0.750. The molecule has 0 spiro atoms. The maximum atomic E-state index is 13.5. The molecule has 0 aliphatic heterocycles. The third kappa shape index (κ3) is 4.50. The van der Waals surface area contributed by atoms with E-state index in [4.69, 9.17) is 0 Å². The summed E-state index contributed by atoms with van der Waals surface area (Å²) in [5, 5.41) is 0. The molecule has 2 rings (SSSR count). The molecular formula is C20H28F6O2Si. The Morgan fingerprint density at radius 3 is 2.34 bits per heavy atom. The van der Waals surface area contributed by atoms with Gasteiger partial charge in [0, 0.05) is 12.3 Å². The molecule has 3 atom stereocenters. The highest BCUT2D eigenvalue weighted by Crippen LogP contribution is 2.54. The van der Waals surface area contributed by atoms with Crippen molar-refractivity contribution in [3.8, 4) is 0 Å². The molecule has 2 nitrogen and oxygen atoms in total. The van der Waals surface area contributed by atoms with E-state index in [1.807, 2.05) is 13.0 Å². The molecule has 166 valence electrons. The summed E-state index contributed by atoms with van der Waals surface area (Å²) in [5.74, 6) is -0.198. The number of carbonyl (C=O) groups is 1. The number of allylic oxidation sites excluding steroid dienone is 3. The molecule has 0 N–H and O–H groups in total. The largest absolute Gasteiger partial charge is 0.429 e. The highest BCUT2D eigenvalue weighted by molar-refractivity contribution is 6.48. The number of carbonyl (C=O) groups excluding carboxylic acids is 1. The van der Waals surface area contributed by atoms with Crippen molar-refractivity contribution in [1.82, 2.24) is 0 Å². The van der Waals surface area contributed by atoms with E-state index < -0.39 is 27.0 Å². The highest BCUT2D eigenvalue weighted by atomic mass is 28.3.